The maximum absolute atomic E-state index is 12.7. The number of benzene rings is 2. The number of nitrogens with zero attached hydrogens (tertiary/aromatic N) is 3. The molecule has 0 unspecified atom stereocenters. The Kier molecular flexibility index (Phi) is 5.45. The van der Waals surface area contributed by atoms with Crippen LogP contribution in [-0.4, -0.2) is 33.2 Å². The first-order chi connectivity index (χ1) is 14.5. The molecule has 0 atom stereocenters. The van der Waals surface area contributed by atoms with Gasteiger partial charge in [-0.1, -0.05) is 60.1 Å². The van der Waals surface area contributed by atoms with Gasteiger partial charge in [0.2, 0.25) is 0 Å². The number of aromatic nitrogens is 3. The Labute approximate surface area is 177 Å². The van der Waals surface area contributed by atoms with Crippen LogP contribution in [0.4, 0.5) is 0 Å². The zero-order valence-electron chi connectivity index (χ0n) is 15.8. The number of pyridine rings is 1. The number of carbonyl (C=O) groups is 2. The summed E-state index contributed by atoms with van der Waals surface area (Å²) in [5, 5.41) is 5.52. The van der Waals surface area contributed by atoms with Crippen molar-refractivity contribution in [2.24, 2.45) is 5.73 Å². The monoisotopic (exact) mass is 420 g/mol. The van der Waals surface area contributed by atoms with Gasteiger partial charge in [0.1, 0.15) is 0 Å². The van der Waals surface area contributed by atoms with Crippen molar-refractivity contribution < 1.29 is 14.3 Å². The fourth-order valence-corrected chi connectivity index (χ4v) is 3.29. The number of ether oxygens (including phenoxy) is 1. The second-order valence-corrected chi connectivity index (χ2v) is 7.00. The van der Waals surface area contributed by atoms with Crippen molar-refractivity contribution in [3.05, 3.63) is 83.0 Å². The van der Waals surface area contributed by atoms with Gasteiger partial charge in [-0.25, -0.2) is 14.5 Å². The van der Waals surface area contributed by atoms with Crippen molar-refractivity contribution in [2.45, 2.75) is 6.54 Å². The summed E-state index contributed by atoms with van der Waals surface area (Å²) in [6, 6.07) is 18.5. The average Bonchev–Trinajstić information content (AvgIpc) is 3.16. The van der Waals surface area contributed by atoms with E-state index in [9.17, 15) is 9.59 Å². The molecule has 7 nitrogen and oxygen atoms in total. The number of halogens is 1. The maximum Gasteiger partial charge on any atom is 0.339 e. The fraction of sp³-hybridized carbons (Fsp3) is 0.0909. The lowest BCUT2D eigenvalue weighted by molar-refractivity contribution is -0.121. The molecule has 2 aromatic heterocycles. The summed E-state index contributed by atoms with van der Waals surface area (Å²) in [5.74, 6) is -1.40. The van der Waals surface area contributed by atoms with E-state index < -0.39 is 18.5 Å². The van der Waals surface area contributed by atoms with E-state index in [4.69, 9.17) is 27.1 Å². The molecule has 0 radical (unpaired) electrons. The number of fused-ring (bicyclic) bond motifs is 1. The minimum absolute atomic E-state index is 0.255. The number of rotatable bonds is 6. The third kappa shape index (κ3) is 4.01. The summed E-state index contributed by atoms with van der Waals surface area (Å²) in [4.78, 5) is 28.4. The highest BCUT2D eigenvalue weighted by atomic mass is 35.5. The van der Waals surface area contributed by atoms with Gasteiger partial charge in [0, 0.05) is 10.6 Å². The normalized spacial score (nSPS) is 10.8. The first-order valence-electron chi connectivity index (χ1n) is 9.14. The van der Waals surface area contributed by atoms with E-state index in [0.717, 1.165) is 11.1 Å². The minimum Gasteiger partial charge on any atom is -0.452 e. The lowest BCUT2D eigenvalue weighted by atomic mass is 10.1. The highest BCUT2D eigenvalue weighted by molar-refractivity contribution is 6.31. The van der Waals surface area contributed by atoms with E-state index in [2.05, 4.69) is 5.10 Å². The van der Waals surface area contributed by atoms with Gasteiger partial charge in [-0.3, -0.25) is 4.79 Å². The van der Waals surface area contributed by atoms with Crippen LogP contribution in [0.3, 0.4) is 0 Å². The molecule has 8 heteroatoms. The van der Waals surface area contributed by atoms with Crippen LogP contribution in [0.1, 0.15) is 15.9 Å². The molecule has 2 N–H and O–H groups in total. The summed E-state index contributed by atoms with van der Waals surface area (Å²) in [5.41, 5.74) is 8.13. The van der Waals surface area contributed by atoms with Gasteiger partial charge in [0.25, 0.3) is 5.91 Å². The first kappa shape index (κ1) is 19.6. The molecular formula is C22H17ClN4O3. The standard InChI is InChI=1S/C22H17ClN4O3/c23-18-9-5-4-8-15(18)12-27-21-17(11-25-27)16(22(29)30-13-20(24)28)10-19(26-21)14-6-2-1-3-7-14/h1-11H,12-13H2,(H2,24,28). The molecule has 0 bridgehead atoms. The summed E-state index contributed by atoms with van der Waals surface area (Å²) in [6.45, 7) is -0.124. The van der Waals surface area contributed by atoms with Gasteiger partial charge in [-0.05, 0) is 17.7 Å². The van der Waals surface area contributed by atoms with Crippen LogP contribution in [0.5, 0.6) is 0 Å². The van der Waals surface area contributed by atoms with Gasteiger partial charge >= 0.3 is 5.97 Å². The SMILES string of the molecule is NC(=O)COC(=O)c1cc(-c2ccccc2)nc2c1cnn2Cc1ccccc1Cl. The van der Waals surface area contributed by atoms with Crippen molar-refractivity contribution in [1.82, 2.24) is 14.8 Å². The molecule has 4 rings (SSSR count). The highest BCUT2D eigenvalue weighted by Crippen LogP contribution is 2.26. The lowest BCUT2D eigenvalue weighted by Crippen LogP contribution is -2.21. The van der Waals surface area contributed by atoms with Crippen LogP contribution in [0, 0.1) is 0 Å². The molecule has 30 heavy (non-hydrogen) atoms. The Morgan fingerprint density at radius 1 is 1.07 bits per heavy atom. The van der Waals surface area contributed by atoms with E-state index >= 15 is 0 Å². The van der Waals surface area contributed by atoms with Crippen molar-refractivity contribution in [1.29, 1.82) is 0 Å². The molecule has 150 valence electrons. The van der Waals surface area contributed by atoms with E-state index in [-0.39, 0.29) is 5.56 Å². The number of amides is 1. The molecule has 0 fully saturated rings. The topological polar surface area (TPSA) is 100 Å². The average molecular weight is 421 g/mol. The summed E-state index contributed by atoms with van der Waals surface area (Å²) in [6.07, 6.45) is 1.55. The van der Waals surface area contributed by atoms with Gasteiger partial charge in [-0.2, -0.15) is 5.10 Å². The Hall–Kier alpha value is -3.71. The Morgan fingerprint density at radius 3 is 2.53 bits per heavy atom. The molecule has 0 aliphatic heterocycles. The van der Waals surface area contributed by atoms with Crippen LogP contribution in [0.15, 0.2) is 66.9 Å². The van der Waals surface area contributed by atoms with Crippen LogP contribution in [0.2, 0.25) is 5.02 Å². The molecule has 1 amide bonds. The van der Waals surface area contributed by atoms with Crippen LogP contribution in [-0.2, 0) is 16.1 Å². The molecule has 0 aliphatic rings. The lowest BCUT2D eigenvalue weighted by Gasteiger charge is -2.09. The number of primary amides is 1. The van der Waals surface area contributed by atoms with Gasteiger partial charge < -0.3 is 10.5 Å². The number of esters is 1. The molecule has 0 aliphatic carbocycles. The summed E-state index contributed by atoms with van der Waals surface area (Å²) >= 11 is 6.29. The number of hydrogen-bond donors (Lipinski definition) is 1. The highest BCUT2D eigenvalue weighted by Gasteiger charge is 2.19. The van der Waals surface area contributed by atoms with E-state index in [1.165, 1.54) is 0 Å². The zero-order chi connectivity index (χ0) is 21.1. The molecule has 0 spiro atoms. The summed E-state index contributed by atoms with van der Waals surface area (Å²) < 4.78 is 6.71. The van der Waals surface area contributed by atoms with Gasteiger partial charge in [-0.15, -0.1) is 0 Å². The van der Waals surface area contributed by atoms with E-state index in [1.807, 2.05) is 48.5 Å². The van der Waals surface area contributed by atoms with Crippen molar-refractivity contribution in [3.63, 3.8) is 0 Å². The predicted molar refractivity (Wildman–Crippen MR) is 113 cm³/mol. The molecule has 0 saturated heterocycles. The smallest absolute Gasteiger partial charge is 0.339 e. The number of nitrogens with two attached hydrogens (primary N) is 1. The second kappa shape index (κ2) is 8.34. The summed E-state index contributed by atoms with van der Waals surface area (Å²) in [7, 11) is 0. The Morgan fingerprint density at radius 2 is 1.80 bits per heavy atom. The van der Waals surface area contributed by atoms with Crippen molar-refractivity contribution in [3.8, 4) is 11.3 Å². The minimum atomic E-state index is -0.730. The molecule has 4 aromatic rings. The quantitative estimate of drug-likeness (QED) is 0.481. The first-order valence-corrected chi connectivity index (χ1v) is 9.51. The fourth-order valence-electron chi connectivity index (χ4n) is 3.09. The van der Waals surface area contributed by atoms with Crippen LogP contribution in [0.25, 0.3) is 22.3 Å². The van der Waals surface area contributed by atoms with Gasteiger partial charge in [0.15, 0.2) is 12.3 Å². The van der Waals surface area contributed by atoms with Gasteiger partial charge in [0.05, 0.1) is 29.4 Å². The maximum atomic E-state index is 12.7. The van der Waals surface area contributed by atoms with Crippen molar-refractivity contribution >= 4 is 34.5 Å². The zero-order valence-corrected chi connectivity index (χ0v) is 16.5. The Balaban J connectivity index is 1.83. The molecule has 2 heterocycles. The molecule has 0 saturated carbocycles. The molecular weight excluding hydrogens is 404 g/mol. The van der Waals surface area contributed by atoms with E-state index in [1.54, 1.807) is 23.0 Å². The predicted octanol–water partition coefficient (Wildman–Crippen LogP) is 3.44. The number of hydrogen-bond acceptors (Lipinski definition) is 5. The van der Waals surface area contributed by atoms with E-state index in [0.29, 0.717) is 28.3 Å². The third-order valence-corrected chi connectivity index (χ3v) is 4.89. The largest absolute Gasteiger partial charge is 0.452 e. The van der Waals surface area contributed by atoms with Crippen LogP contribution < -0.4 is 5.73 Å². The van der Waals surface area contributed by atoms with Crippen molar-refractivity contribution in [2.75, 3.05) is 6.61 Å². The third-order valence-electron chi connectivity index (χ3n) is 4.52. The number of carbonyl (C=O) groups excluding carboxylic acids is 2. The Bertz CT molecular complexity index is 1240. The second-order valence-electron chi connectivity index (χ2n) is 6.59. The van der Waals surface area contributed by atoms with Crippen LogP contribution >= 0.6 is 11.6 Å². The molecule has 2 aromatic carbocycles.